The van der Waals surface area contributed by atoms with Crippen LogP contribution in [0.15, 0.2) is 10.2 Å². The molecule has 108 valence electrons. The molecule has 4 nitrogen and oxygen atoms in total. The maximum absolute atomic E-state index is 11.6. The number of nitrogens with zero attached hydrogens (tertiary/aromatic N) is 2. The summed E-state index contributed by atoms with van der Waals surface area (Å²) in [5, 5.41) is 11.1. The van der Waals surface area contributed by atoms with Crippen LogP contribution < -0.4 is 4.87 Å². The summed E-state index contributed by atoms with van der Waals surface area (Å²) in [6.45, 7) is 4.03. The van der Waals surface area contributed by atoms with Crippen molar-refractivity contribution in [3.8, 4) is 0 Å². The smallest absolute Gasteiger partial charge is 0.307 e. The van der Waals surface area contributed by atoms with E-state index in [1.165, 1.54) is 24.2 Å². The quantitative estimate of drug-likeness (QED) is 0.895. The summed E-state index contributed by atoms with van der Waals surface area (Å²) < 4.78 is 1.86. The van der Waals surface area contributed by atoms with Gasteiger partial charge >= 0.3 is 4.87 Å². The largest absolute Gasteiger partial charge is 0.396 e. The van der Waals surface area contributed by atoms with Gasteiger partial charge in [0.2, 0.25) is 0 Å². The molecule has 0 saturated heterocycles. The highest BCUT2D eigenvalue weighted by Crippen LogP contribution is 2.26. The predicted molar refractivity (Wildman–Crippen MR) is 78.8 cm³/mol. The highest BCUT2D eigenvalue weighted by Gasteiger charge is 2.23. The van der Waals surface area contributed by atoms with Gasteiger partial charge in [-0.15, -0.1) is 0 Å². The Bertz CT molecular complexity index is 447. The van der Waals surface area contributed by atoms with Crippen LogP contribution in [0.5, 0.6) is 0 Å². The lowest BCUT2D eigenvalue weighted by atomic mass is 9.86. The molecule has 0 aliphatic heterocycles. The molecule has 1 aromatic rings. The molecule has 0 spiro atoms. The molecule has 0 bridgehead atoms. The molecule has 1 aromatic heterocycles. The van der Waals surface area contributed by atoms with Crippen LogP contribution in [0.4, 0.5) is 0 Å². The SMILES string of the molecule is Cc1csc(=O)n1CCN(C)C1CCC(CO)CC1. The summed E-state index contributed by atoms with van der Waals surface area (Å²) in [7, 11) is 2.15. The number of hydrogen-bond donors (Lipinski definition) is 1. The van der Waals surface area contributed by atoms with Crippen molar-refractivity contribution in [1.82, 2.24) is 9.47 Å². The maximum atomic E-state index is 11.6. The lowest BCUT2D eigenvalue weighted by molar-refractivity contribution is 0.125. The van der Waals surface area contributed by atoms with Gasteiger partial charge < -0.3 is 14.6 Å². The lowest BCUT2D eigenvalue weighted by Crippen LogP contribution is -2.38. The van der Waals surface area contributed by atoms with Gasteiger partial charge in [-0.3, -0.25) is 4.79 Å². The number of thiazole rings is 1. The Morgan fingerprint density at radius 2 is 2.11 bits per heavy atom. The third-order valence-electron chi connectivity index (χ3n) is 4.35. The van der Waals surface area contributed by atoms with Crippen LogP contribution in [0, 0.1) is 12.8 Å². The van der Waals surface area contributed by atoms with E-state index in [2.05, 4.69) is 11.9 Å². The third-order valence-corrected chi connectivity index (χ3v) is 5.23. The van der Waals surface area contributed by atoms with Gasteiger partial charge in [0.25, 0.3) is 0 Å². The molecular formula is C14H24N2O2S. The Hall–Kier alpha value is -0.650. The zero-order valence-corrected chi connectivity index (χ0v) is 12.7. The summed E-state index contributed by atoms with van der Waals surface area (Å²) in [5.41, 5.74) is 1.06. The predicted octanol–water partition coefficient (Wildman–Crippen LogP) is 1.70. The first-order valence-electron chi connectivity index (χ1n) is 7.08. The van der Waals surface area contributed by atoms with Crippen molar-refractivity contribution in [3.05, 3.63) is 20.7 Å². The normalized spacial score (nSPS) is 24.0. The van der Waals surface area contributed by atoms with E-state index >= 15 is 0 Å². The van der Waals surface area contributed by atoms with Crippen molar-refractivity contribution in [2.45, 2.75) is 45.2 Å². The zero-order chi connectivity index (χ0) is 13.8. The molecule has 0 aromatic carbocycles. The second-order valence-corrected chi connectivity index (χ2v) is 6.45. The minimum atomic E-state index is 0.148. The zero-order valence-electron chi connectivity index (χ0n) is 11.8. The highest BCUT2D eigenvalue weighted by molar-refractivity contribution is 7.07. The molecule has 0 unspecified atom stereocenters. The Morgan fingerprint density at radius 1 is 1.42 bits per heavy atom. The molecule has 0 radical (unpaired) electrons. The molecule has 1 saturated carbocycles. The second-order valence-electron chi connectivity index (χ2n) is 5.63. The Kier molecular flexibility index (Phi) is 5.19. The Balaban J connectivity index is 1.82. The number of rotatable bonds is 5. The fraction of sp³-hybridized carbons (Fsp3) is 0.786. The van der Waals surface area contributed by atoms with Gasteiger partial charge in [-0.1, -0.05) is 11.3 Å². The topological polar surface area (TPSA) is 45.5 Å². The van der Waals surface area contributed by atoms with Gasteiger partial charge in [0.15, 0.2) is 0 Å². The standard InChI is InChI=1S/C14H24N2O2S/c1-11-10-19-14(18)16(11)8-7-15(2)13-5-3-12(9-17)4-6-13/h10,12-13,17H,3-9H2,1-2H3. The van der Waals surface area contributed by atoms with Crippen LogP contribution in [-0.2, 0) is 6.54 Å². The molecule has 1 aliphatic rings. The molecule has 1 fully saturated rings. The van der Waals surface area contributed by atoms with Crippen molar-refractivity contribution < 1.29 is 5.11 Å². The van der Waals surface area contributed by atoms with Gasteiger partial charge in [0.1, 0.15) is 0 Å². The fourth-order valence-corrected chi connectivity index (χ4v) is 3.64. The summed E-state index contributed by atoms with van der Waals surface area (Å²) in [4.78, 5) is 14.2. The molecule has 1 heterocycles. The van der Waals surface area contributed by atoms with E-state index in [-0.39, 0.29) is 4.87 Å². The maximum Gasteiger partial charge on any atom is 0.307 e. The lowest BCUT2D eigenvalue weighted by Gasteiger charge is -2.34. The average molecular weight is 284 g/mol. The van der Waals surface area contributed by atoms with Gasteiger partial charge in [-0.05, 0) is 45.6 Å². The molecule has 2 rings (SSSR count). The average Bonchev–Trinajstić information content (AvgIpc) is 2.75. The van der Waals surface area contributed by atoms with Crippen molar-refractivity contribution >= 4 is 11.3 Å². The van der Waals surface area contributed by atoms with Gasteiger partial charge in [-0.25, -0.2) is 0 Å². The molecule has 1 aliphatic carbocycles. The van der Waals surface area contributed by atoms with Crippen molar-refractivity contribution in [2.24, 2.45) is 5.92 Å². The van der Waals surface area contributed by atoms with Gasteiger partial charge in [-0.2, -0.15) is 0 Å². The third kappa shape index (κ3) is 3.68. The molecule has 0 atom stereocenters. The van der Waals surface area contributed by atoms with Crippen LogP contribution in [0.1, 0.15) is 31.4 Å². The minimum Gasteiger partial charge on any atom is -0.396 e. The summed E-state index contributed by atoms with van der Waals surface area (Å²) in [6.07, 6.45) is 4.59. The molecule has 5 heteroatoms. The Morgan fingerprint density at radius 3 is 2.63 bits per heavy atom. The molecule has 0 amide bonds. The number of aliphatic hydroxyl groups excluding tert-OH is 1. The van der Waals surface area contributed by atoms with E-state index in [0.717, 1.165) is 31.6 Å². The molecular weight excluding hydrogens is 260 g/mol. The van der Waals surface area contributed by atoms with Crippen LogP contribution in [0.2, 0.25) is 0 Å². The first-order chi connectivity index (χ1) is 9.11. The van der Waals surface area contributed by atoms with Gasteiger partial charge in [0.05, 0.1) is 0 Å². The van der Waals surface area contributed by atoms with Crippen molar-refractivity contribution in [2.75, 3.05) is 20.2 Å². The number of aryl methyl sites for hydroxylation is 1. The molecule has 1 N–H and O–H groups in total. The first kappa shape index (κ1) is 14.8. The number of likely N-dealkylation sites (N-methyl/N-ethyl adjacent to an activating group) is 1. The van der Waals surface area contributed by atoms with E-state index in [0.29, 0.717) is 18.6 Å². The van der Waals surface area contributed by atoms with Crippen molar-refractivity contribution in [3.63, 3.8) is 0 Å². The van der Waals surface area contributed by atoms with Crippen LogP contribution in [0.25, 0.3) is 0 Å². The van der Waals surface area contributed by atoms with Crippen LogP contribution >= 0.6 is 11.3 Å². The highest BCUT2D eigenvalue weighted by atomic mass is 32.1. The number of aromatic nitrogens is 1. The van der Waals surface area contributed by atoms with E-state index in [1.807, 2.05) is 16.9 Å². The molecule has 19 heavy (non-hydrogen) atoms. The van der Waals surface area contributed by atoms with E-state index in [1.54, 1.807) is 0 Å². The number of aliphatic hydroxyl groups is 1. The summed E-state index contributed by atoms with van der Waals surface area (Å²) in [6, 6.07) is 0.609. The Labute approximate surface area is 118 Å². The second kappa shape index (κ2) is 6.68. The van der Waals surface area contributed by atoms with Crippen LogP contribution in [0.3, 0.4) is 0 Å². The number of hydrogen-bond acceptors (Lipinski definition) is 4. The minimum absolute atomic E-state index is 0.148. The van der Waals surface area contributed by atoms with E-state index < -0.39 is 0 Å². The van der Waals surface area contributed by atoms with Crippen LogP contribution in [-0.4, -0.2) is 40.8 Å². The van der Waals surface area contributed by atoms with Crippen molar-refractivity contribution in [1.29, 1.82) is 0 Å². The first-order valence-corrected chi connectivity index (χ1v) is 7.95. The fourth-order valence-electron chi connectivity index (χ4n) is 2.88. The monoisotopic (exact) mass is 284 g/mol. The van der Waals surface area contributed by atoms with Gasteiger partial charge in [0, 0.05) is 36.8 Å². The van der Waals surface area contributed by atoms with E-state index in [9.17, 15) is 4.79 Å². The summed E-state index contributed by atoms with van der Waals surface area (Å²) in [5.74, 6) is 0.506. The van der Waals surface area contributed by atoms with E-state index in [4.69, 9.17) is 5.11 Å². The summed E-state index contributed by atoms with van der Waals surface area (Å²) >= 11 is 1.28.